The standard InChI is InChI=1S/C27H24N6O2S/c1-35-23-12-6-5-10-20(23)24-21(18-33(30-24)19-8-3-2-4-9-19)26(34)31-14-16-32(17-15-31)27-29-22-11-7-13-28-25(22)36-27/h2-13,18H,14-17H2,1H3. The molecule has 0 radical (unpaired) electrons. The number of methoxy groups -OCH3 is 1. The van der Waals surface area contributed by atoms with Crippen LogP contribution in [0.25, 0.3) is 27.3 Å². The average molecular weight is 497 g/mol. The van der Waals surface area contributed by atoms with Crippen LogP contribution in [0.1, 0.15) is 10.4 Å². The first-order valence-corrected chi connectivity index (χ1v) is 12.6. The molecule has 0 spiro atoms. The second-order valence-corrected chi connectivity index (χ2v) is 9.43. The van der Waals surface area contributed by atoms with Crippen molar-refractivity contribution in [1.82, 2.24) is 24.6 Å². The van der Waals surface area contributed by atoms with E-state index < -0.39 is 0 Å². The number of fused-ring (bicyclic) bond motifs is 1. The predicted octanol–water partition coefficient (Wildman–Crippen LogP) is 4.52. The molecule has 1 fully saturated rings. The Morgan fingerprint density at radius 2 is 1.72 bits per heavy atom. The van der Waals surface area contributed by atoms with Gasteiger partial charge in [0.15, 0.2) is 5.13 Å². The van der Waals surface area contributed by atoms with Gasteiger partial charge in [-0.05, 0) is 36.4 Å². The molecule has 0 saturated carbocycles. The molecule has 1 saturated heterocycles. The highest BCUT2D eigenvalue weighted by atomic mass is 32.1. The van der Waals surface area contributed by atoms with Crippen molar-refractivity contribution in [2.75, 3.05) is 38.2 Å². The number of hydrogen-bond acceptors (Lipinski definition) is 7. The summed E-state index contributed by atoms with van der Waals surface area (Å²) < 4.78 is 7.35. The molecule has 5 aromatic rings. The third-order valence-corrected chi connectivity index (χ3v) is 7.36. The van der Waals surface area contributed by atoms with Crippen molar-refractivity contribution in [2.45, 2.75) is 0 Å². The van der Waals surface area contributed by atoms with Crippen LogP contribution >= 0.6 is 11.3 Å². The van der Waals surface area contributed by atoms with Gasteiger partial charge in [-0.15, -0.1) is 0 Å². The maximum Gasteiger partial charge on any atom is 0.257 e. The van der Waals surface area contributed by atoms with Gasteiger partial charge in [0.1, 0.15) is 21.8 Å². The van der Waals surface area contributed by atoms with E-state index >= 15 is 0 Å². The number of hydrogen-bond donors (Lipinski definition) is 0. The second kappa shape index (κ2) is 9.43. The van der Waals surface area contributed by atoms with Gasteiger partial charge < -0.3 is 14.5 Å². The zero-order valence-electron chi connectivity index (χ0n) is 19.7. The molecule has 0 unspecified atom stereocenters. The minimum Gasteiger partial charge on any atom is -0.496 e. The first-order valence-electron chi connectivity index (χ1n) is 11.8. The van der Waals surface area contributed by atoms with Gasteiger partial charge in [-0.2, -0.15) is 5.10 Å². The van der Waals surface area contributed by atoms with E-state index in [2.05, 4.69) is 9.88 Å². The molecular formula is C27H24N6O2S. The number of carbonyl (C=O) groups is 1. The molecule has 0 bridgehead atoms. The lowest BCUT2D eigenvalue weighted by Crippen LogP contribution is -2.48. The Morgan fingerprint density at radius 3 is 2.50 bits per heavy atom. The topological polar surface area (TPSA) is 76.4 Å². The van der Waals surface area contributed by atoms with Crippen molar-refractivity contribution in [1.29, 1.82) is 0 Å². The number of aromatic nitrogens is 4. The molecule has 6 rings (SSSR count). The fourth-order valence-corrected chi connectivity index (χ4v) is 5.41. The summed E-state index contributed by atoms with van der Waals surface area (Å²) in [5.74, 6) is 0.642. The minimum atomic E-state index is -0.0382. The SMILES string of the molecule is COc1ccccc1-c1nn(-c2ccccc2)cc1C(=O)N1CCN(c2nc3cccnc3s2)CC1. The van der Waals surface area contributed by atoms with Gasteiger partial charge in [0.2, 0.25) is 0 Å². The van der Waals surface area contributed by atoms with Crippen LogP contribution in [0.4, 0.5) is 5.13 Å². The molecule has 1 aliphatic heterocycles. The molecule has 8 nitrogen and oxygen atoms in total. The molecular weight excluding hydrogens is 472 g/mol. The van der Waals surface area contributed by atoms with Gasteiger partial charge in [-0.1, -0.05) is 41.7 Å². The van der Waals surface area contributed by atoms with Crippen molar-refractivity contribution in [3.63, 3.8) is 0 Å². The number of thiazole rings is 1. The number of amides is 1. The lowest BCUT2D eigenvalue weighted by atomic mass is 10.1. The van der Waals surface area contributed by atoms with Crippen LogP contribution in [0.2, 0.25) is 0 Å². The monoisotopic (exact) mass is 496 g/mol. The molecule has 2 aromatic carbocycles. The molecule has 180 valence electrons. The van der Waals surface area contributed by atoms with Crippen LogP contribution < -0.4 is 9.64 Å². The Balaban J connectivity index is 1.29. The van der Waals surface area contributed by atoms with Crippen LogP contribution in [0.15, 0.2) is 79.1 Å². The van der Waals surface area contributed by atoms with E-state index in [1.807, 2.05) is 77.8 Å². The average Bonchev–Trinajstić information content (AvgIpc) is 3.58. The molecule has 9 heteroatoms. The minimum absolute atomic E-state index is 0.0382. The van der Waals surface area contributed by atoms with Gasteiger partial charge in [0.05, 0.1) is 18.4 Å². The normalized spacial score (nSPS) is 13.8. The quantitative estimate of drug-likeness (QED) is 0.356. The number of nitrogens with zero attached hydrogens (tertiary/aromatic N) is 6. The number of pyridine rings is 1. The summed E-state index contributed by atoms with van der Waals surface area (Å²) >= 11 is 1.59. The Kier molecular flexibility index (Phi) is 5.82. The summed E-state index contributed by atoms with van der Waals surface area (Å²) in [5.41, 5.74) is 3.76. The van der Waals surface area contributed by atoms with Crippen molar-refractivity contribution < 1.29 is 9.53 Å². The number of ether oxygens (including phenoxy) is 1. The third kappa shape index (κ3) is 4.07. The van der Waals surface area contributed by atoms with Crippen LogP contribution in [-0.4, -0.2) is 63.8 Å². The van der Waals surface area contributed by atoms with Gasteiger partial charge >= 0.3 is 0 Å². The van der Waals surface area contributed by atoms with Crippen LogP contribution in [0.5, 0.6) is 5.75 Å². The zero-order valence-corrected chi connectivity index (χ0v) is 20.6. The summed E-state index contributed by atoms with van der Waals surface area (Å²) in [4.78, 5) is 28.0. The van der Waals surface area contributed by atoms with Gasteiger partial charge in [0.25, 0.3) is 5.91 Å². The summed E-state index contributed by atoms with van der Waals surface area (Å²) in [7, 11) is 1.63. The van der Waals surface area contributed by atoms with Gasteiger partial charge in [0, 0.05) is 44.1 Å². The highest BCUT2D eigenvalue weighted by molar-refractivity contribution is 7.21. The molecule has 1 amide bonds. The summed E-state index contributed by atoms with van der Waals surface area (Å²) in [5, 5.41) is 5.77. The van der Waals surface area contributed by atoms with E-state index in [1.165, 1.54) is 0 Å². The highest BCUT2D eigenvalue weighted by Crippen LogP contribution is 2.33. The first kappa shape index (κ1) is 22.2. The number of piperazine rings is 1. The number of benzene rings is 2. The predicted molar refractivity (Wildman–Crippen MR) is 141 cm³/mol. The van der Waals surface area contributed by atoms with E-state index in [9.17, 15) is 4.79 Å². The summed E-state index contributed by atoms with van der Waals surface area (Å²) in [6.45, 7) is 2.62. The van der Waals surface area contributed by atoms with Crippen LogP contribution in [-0.2, 0) is 0 Å². The maximum atomic E-state index is 13.8. The zero-order chi connectivity index (χ0) is 24.5. The second-order valence-electron chi connectivity index (χ2n) is 8.48. The number of carbonyl (C=O) groups excluding carboxylic acids is 1. The summed E-state index contributed by atoms with van der Waals surface area (Å²) in [6, 6.07) is 21.4. The van der Waals surface area contributed by atoms with Gasteiger partial charge in [-0.25, -0.2) is 14.6 Å². The van der Waals surface area contributed by atoms with Crippen LogP contribution in [0.3, 0.4) is 0 Å². The van der Waals surface area contributed by atoms with Gasteiger partial charge in [-0.3, -0.25) is 4.79 Å². The number of anilines is 1. The molecule has 3 aromatic heterocycles. The van der Waals surface area contributed by atoms with Crippen molar-refractivity contribution >= 4 is 32.7 Å². The Bertz CT molecular complexity index is 1490. The fraction of sp³-hybridized carbons (Fsp3) is 0.185. The maximum absolute atomic E-state index is 13.8. The fourth-order valence-electron chi connectivity index (χ4n) is 4.45. The Morgan fingerprint density at radius 1 is 0.944 bits per heavy atom. The largest absolute Gasteiger partial charge is 0.496 e. The van der Waals surface area contributed by atoms with Crippen molar-refractivity contribution in [3.05, 3.63) is 84.7 Å². The molecule has 4 heterocycles. The third-order valence-electron chi connectivity index (χ3n) is 6.32. The molecule has 0 aliphatic carbocycles. The lowest BCUT2D eigenvalue weighted by molar-refractivity contribution is 0.0747. The smallest absolute Gasteiger partial charge is 0.257 e. The Labute approximate surface area is 212 Å². The summed E-state index contributed by atoms with van der Waals surface area (Å²) in [6.07, 6.45) is 3.61. The first-order chi connectivity index (χ1) is 17.7. The van der Waals surface area contributed by atoms with E-state index in [4.69, 9.17) is 14.8 Å². The Hall–Kier alpha value is -4.24. The number of para-hydroxylation sites is 2. The molecule has 36 heavy (non-hydrogen) atoms. The molecule has 0 atom stereocenters. The van der Waals surface area contributed by atoms with E-state index in [0.29, 0.717) is 43.2 Å². The van der Waals surface area contributed by atoms with Crippen LogP contribution in [0, 0.1) is 0 Å². The van der Waals surface area contributed by atoms with E-state index in [0.717, 1.165) is 26.7 Å². The van der Waals surface area contributed by atoms with Crippen molar-refractivity contribution in [3.8, 4) is 22.7 Å². The van der Waals surface area contributed by atoms with Crippen molar-refractivity contribution in [2.24, 2.45) is 0 Å². The van der Waals surface area contributed by atoms with E-state index in [-0.39, 0.29) is 5.91 Å². The number of rotatable bonds is 5. The lowest BCUT2D eigenvalue weighted by Gasteiger charge is -2.34. The van der Waals surface area contributed by atoms with E-state index in [1.54, 1.807) is 29.3 Å². The molecule has 0 N–H and O–H groups in total. The molecule has 1 aliphatic rings. The highest BCUT2D eigenvalue weighted by Gasteiger charge is 2.28.